The highest BCUT2D eigenvalue weighted by atomic mass is 32.2. The molecule has 0 aromatic heterocycles. The highest BCUT2D eigenvalue weighted by molar-refractivity contribution is 7.99. The monoisotopic (exact) mass is 360 g/mol. The fraction of sp³-hybridized carbons (Fsp3) is 0.400. The molecule has 3 rings (SSSR count). The third kappa shape index (κ3) is 6.17. The molecule has 2 aromatic rings. The van der Waals surface area contributed by atoms with Gasteiger partial charge in [0.05, 0.1) is 13.1 Å². The van der Waals surface area contributed by atoms with E-state index in [9.17, 15) is 0 Å². The fourth-order valence-electron chi connectivity index (χ4n) is 3.12. The molecule has 1 aliphatic heterocycles. The molecule has 0 spiro atoms. The number of nitrogens with one attached hydrogen (secondary N) is 2. The molecule has 2 aromatic carbocycles. The van der Waals surface area contributed by atoms with Crippen LogP contribution in [0.4, 0.5) is 0 Å². The molecule has 0 saturated carbocycles. The summed E-state index contributed by atoms with van der Waals surface area (Å²) >= 11 is 3.99. The van der Waals surface area contributed by atoms with Crippen LogP contribution in [0.5, 0.6) is 0 Å². The summed E-state index contributed by atoms with van der Waals surface area (Å²) in [6, 6.07) is 21.6. The summed E-state index contributed by atoms with van der Waals surface area (Å²) in [5.74, 6) is 2.47. The summed E-state index contributed by atoms with van der Waals surface area (Å²) in [6.45, 7) is 7.93. The lowest BCUT2D eigenvalue weighted by Gasteiger charge is -2.29. The van der Waals surface area contributed by atoms with Crippen molar-refractivity contribution >= 4 is 23.5 Å². The van der Waals surface area contributed by atoms with Crippen molar-refractivity contribution in [1.82, 2.24) is 0 Å². The van der Waals surface area contributed by atoms with Gasteiger partial charge in [0.25, 0.3) is 0 Å². The zero-order chi connectivity index (χ0) is 16.5. The first-order valence-corrected chi connectivity index (χ1v) is 10.9. The summed E-state index contributed by atoms with van der Waals surface area (Å²) in [7, 11) is 0. The number of rotatable bonds is 8. The van der Waals surface area contributed by atoms with Crippen LogP contribution < -0.4 is 9.80 Å². The average molecular weight is 361 g/mol. The second kappa shape index (κ2) is 10.1. The van der Waals surface area contributed by atoms with Crippen molar-refractivity contribution in [2.75, 3.05) is 50.8 Å². The van der Waals surface area contributed by atoms with Crippen molar-refractivity contribution in [2.45, 2.75) is 9.79 Å². The SMILES string of the molecule is c1ccc(SCC[NH+]2CC[NH+](CCSc3ccccc3)CC2)cc1. The first-order chi connectivity index (χ1) is 11.9. The predicted molar refractivity (Wildman–Crippen MR) is 105 cm³/mol. The topological polar surface area (TPSA) is 8.88 Å². The third-order valence-electron chi connectivity index (χ3n) is 4.60. The quantitative estimate of drug-likeness (QED) is 0.688. The fourth-order valence-corrected chi connectivity index (χ4v) is 5.07. The van der Waals surface area contributed by atoms with E-state index in [-0.39, 0.29) is 0 Å². The average Bonchev–Trinajstić information content (AvgIpc) is 2.65. The van der Waals surface area contributed by atoms with E-state index in [1.165, 1.54) is 60.6 Å². The van der Waals surface area contributed by atoms with Crippen LogP contribution in [0.3, 0.4) is 0 Å². The van der Waals surface area contributed by atoms with Gasteiger partial charge in [-0.05, 0) is 24.3 Å². The van der Waals surface area contributed by atoms with E-state index >= 15 is 0 Å². The summed E-state index contributed by atoms with van der Waals surface area (Å²) in [5, 5.41) is 0. The molecule has 1 fully saturated rings. The standard InChI is InChI=1S/C20H26N2S2/c1-3-7-19(8-4-1)23-17-15-21-11-13-22(14-12-21)16-18-24-20-9-5-2-6-10-20/h1-10H,11-18H2/p+2. The molecule has 0 amide bonds. The van der Waals surface area contributed by atoms with E-state index in [2.05, 4.69) is 60.7 Å². The normalized spacial score (nSPS) is 20.8. The van der Waals surface area contributed by atoms with Gasteiger partial charge in [0.1, 0.15) is 26.2 Å². The molecule has 1 saturated heterocycles. The largest absolute Gasteiger partial charge is 0.325 e. The second-order valence-electron chi connectivity index (χ2n) is 6.32. The Kier molecular flexibility index (Phi) is 7.55. The molecule has 4 heteroatoms. The van der Waals surface area contributed by atoms with Gasteiger partial charge in [-0.1, -0.05) is 36.4 Å². The molecular formula is C20H28N2S2+2. The number of benzene rings is 2. The third-order valence-corrected chi connectivity index (χ3v) is 6.63. The maximum atomic E-state index is 2.21. The molecule has 0 atom stereocenters. The minimum Gasteiger partial charge on any atom is -0.325 e. The molecule has 24 heavy (non-hydrogen) atoms. The van der Waals surface area contributed by atoms with E-state index < -0.39 is 0 Å². The van der Waals surface area contributed by atoms with Gasteiger partial charge in [-0.3, -0.25) is 0 Å². The zero-order valence-corrected chi connectivity index (χ0v) is 15.9. The molecule has 1 heterocycles. The zero-order valence-electron chi connectivity index (χ0n) is 14.2. The Morgan fingerprint density at radius 1 is 0.583 bits per heavy atom. The molecule has 0 aliphatic carbocycles. The molecule has 0 bridgehead atoms. The minimum atomic E-state index is 1.23. The van der Waals surface area contributed by atoms with E-state index in [4.69, 9.17) is 0 Å². The van der Waals surface area contributed by atoms with Crippen LogP contribution >= 0.6 is 23.5 Å². The van der Waals surface area contributed by atoms with Crippen LogP contribution in [-0.4, -0.2) is 50.8 Å². The van der Waals surface area contributed by atoms with Crippen LogP contribution in [-0.2, 0) is 0 Å². The Morgan fingerprint density at radius 3 is 1.33 bits per heavy atom. The maximum Gasteiger partial charge on any atom is 0.127 e. The van der Waals surface area contributed by atoms with Gasteiger partial charge in [-0.2, -0.15) is 0 Å². The molecule has 1 aliphatic rings. The minimum absolute atomic E-state index is 1.23. The number of hydrogen-bond donors (Lipinski definition) is 2. The van der Waals surface area contributed by atoms with Crippen LogP contribution in [0.15, 0.2) is 70.5 Å². The number of piperazine rings is 1. The first-order valence-electron chi connectivity index (χ1n) is 8.93. The molecular weight excluding hydrogens is 332 g/mol. The highest BCUT2D eigenvalue weighted by Gasteiger charge is 2.22. The van der Waals surface area contributed by atoms with Crippen molar-refractivity contribution in [3.63, 3.8) is 0 Å². The predicted octanol–water partition coefficient (Wildman–Crippen LogP) is 1.35. The van der Waals surface area contributed by atoms with Gasteiger partial charge in [-0.25, -0.2) is 0 Å². The smallest absolute Gasteiger partial charge is 0.127 e. The van der Waals surface area contributed by atoms with Crippen LogP contribution in [0, 0.1) is 0 Å². The number of quaternary nitrogens is 2. The Bertz CT molecular complexity index is 515. The Labute approximate surface area is 154 Å². The van der Waals surface area contributed by atoms with Gasteiger partial charge in [0, 0.05) is 21.3 Å². The molecule has 0 radical (unpaired) electrons. The Balaban J connectivity index is 1.27. The van der Waals surface area contributed by atoms with Crippen molar-refractivity contribution in [1.29, 1.82) is 0 Å². The van der Waals surface area contributed by atoms with Gasteiger partial charge in [-0.15, -0.1) is 23.5 Å². The summed E-state index contributed by atoms with van der Waals surface area (Å²) in [6.07, 6.45) is 0. The summed E-state index contributed by atoms with van der Waals surface area (Å²) in [5.41, 5.74) is 0. The van der Waals surface area contributed by atoms with Crippen molar-refractivity contribution < 1.29 is 9.80 Å². The Morgan fingerprint density at radius 2 is 0.958 bits per heavy atom. The number of thioether (sulfide) groups is 2. The van der Waals surface area contributed by atoms with E-state index in [0.29, 0.717) is 0 Å². The van der Waals surface area contributed by atoms with Gasteiger partial charge in [0.15, 0.2) is 0 Å². The second-order valence-corrected chi connectivity index (χ2v) is 8.66. The Hall–Kier alpha value is -0.940. The van der Waals surface area contributed by atoms with Crippen molar-refractivity contribution in [2.24, 2.45) is 0 Å². The van der Waals surface area contributed by atoms with Gasteiger partial charge < -0.3 is 9.80 Å². The maximum absolute atomic E-state index is 2.21. The lowest BCUT2D eigenvalue weighted by Crippen LogP contribution is -3.28. The summed E-state index contributed by atoms with van der Waals surface area (Å²) < 4.78 is 0. The van der Waals surface area contributed by atoms with Crippen LogP contribution in [0.2, 0.25) is 0 Å². The van der Waals surface area contributed by atoms with Crippen molar-refractivity contribution in [3.8, 4) is 0 Å². The molecule has 128 valence electrons. The number of hydrogen-bond acceptors (Lipinski definition) is 2. The van der Waals surface area contributed by atoms with E-state index in [0.717, 1.165) is 0 Å². The lowest BCUT2D eigenvalue weighted by atomic mass is 10.3. The van der Waals surface area contributed by atoms with Gasteiger partial charge >= 0.3 is 0 Å². The molecule has 0 unspecified atom stereocenters. The first kappa shape index (κ1) is 17.9. The highest BCUT2D eigenvalue weighted by Crippen LogP contribution is 2.16. The van der Waals surface area contributed by atoms with E-state index in [1.54, 1.807) is 9.80 Å². The molecule has 2 N–H and O–H groups in total. The molecule has 2 nitrogen and oxygen atoms in total. The van der Waals surface area contributed by atoms with Crippen LogP contribution in [0.25, 0.3) is 0 Å². The van der Waals surface area contributed by atoms with Crippen molar-refractivity contribution in [3.05, 3.63) is 60.7 Å². The van der Waals surface area contributed by atoms with Gasteiger partial charge in [0.2, 0.25) is 0 Å². The van der Waals surface area contributed by atoms with Crippen LogP contribution in [0.1, 0.15) is 0 Å². The van der Waals surface area contributed by atoms with E-state index in [1.807, 2.05) is 23.5 Å². The summed E-state index contributed by atoms with van der Waals surface area (Å²) in [4.78, 5) is 6.38. The lowest BCUT2D eigenvalue weighted by molar-refractivity contribution is -1.01.